The summed E-state index contributed by atoms with van der Waals surface area (Å²) in [6.45, 7) is -0.0464. The van der Waals surface area contributed by atoms with E-state index in [4.69, 9.17) is 10.3 Å². The average molecular weight is 247 g/mol. The van der Waals surface area contributed by atoms with Crippen LogP contribution in [0.15, 0.2) is 35.0 Å². The number of rotatable bonds is 5. The highest BCUT2D eigenvalue weighted by Gasteiger charge is 2.08. The quantitative estimate of drug-likeness (QED) is 0.263. The predicted molar refractivity (Wildman–Crippen MR) is 67.0 cm³/mol. The molecule has 0 aromatic heterocycles. The van der Waals surface area contributed by atoms with Crippen molar-refractivity contribution < 1.29 is 14.3 Å². The number of azide groups is 1. The Morgan fingerprint density at radius 1 is 1.39 bits per heavy atom. The van der Waals surface area contributed by atoms with E-state index < -0.39 is 5.97 Å². The molecule has 0 aliphatic carbocycles. The Morgan fingerprint density at radius 2 is 2.06 bits per heavy atom. The lowest BCUT2D eigenvalue weighted by atomic mass is 10.1. The van der Waals surface area contributed by atoms with Crippen molar-refractivity contribution in [3.63, 3.8) is 0 Å². The second-order valence-electron chi connectivity index (χ2n) is 3.32. The fourth-order valence-corrected chi connectivity index (χ4v) is 1.31. The Hall–Kier alpha value is -2.46. The van der Waals surface area contributed by atoms with E-state index in [1.807, 2.05) is 0 Å². The molecule has 0 saturated heterocycles. The second kappa shape index (κ2) is 6.98. The van der Waals surface area contributed by atoms with Crippen LogP contribution in [0.4, 0.5) is 0 Å². The maximum absolute atomic E-state index is 11.4. The van der Waals surface area contributed by atoms with E-state index in [9.17, 15) is 4.79 Å². The van der Waals surface area contributed by atoms with Gasteiger partial charge in [-0.05, 0) is 29.3 Å². The molecule has 0 spiro atoms. The van der Waals surface area contributed by atoms with E-state index >= 15 is 0 Å². The van der Waals surface area contributed by atoms with Crippen LogP contribution in [0.1, 0.15) is 5.56 Å². The highest BCUT2D eigenvalue weighted by Crippen LogP contribution is 2.14. The lowest BCUT2D eigenvalue weighted by Gasteiger charge is -2.03. The second-order valence-corrected chi connectivity index (χ2v) is 3.32. The molecule has 0 heterocycles. The minimum absolute atomic E-state index is 0.0464. The number of methoxy groups -OCH3 is 2. The van der Waals surface area contributed by atoms with Crippen molar-refractivity contribution in [1.29, 1.82) is 0 Å². The first-order valence-corrected chi connectivity index (χ1v) is 5.15. The molecule has 0 aliphatic heterocycles. The zero-order valence-electron chi connectivity index (χ0n) is 10.2. The van der Waals surface area contributed by atoms with Gasteiger partial charge in [-0.2, -0.15) is 0 Å². The van der Waals surface area contributed by atoms with Gasteiger partial charge in [-0.3, -0.25) is 0 Å². The third-order valence-electron chi connectivity index (χ3n) is 2.21. The molecule has 1 aromatic rings. The van der Waals surface area contributed by atoms with Gasteiger partial charge in [0.05, 0.1) is 20.8 Å². The zero-order chi connectivity index (χ0) is 13.4. The van der Waals surface area contributed by atoms with Gasteiger partial charge in [0.1, 0.15) is 5.75 Å². The Labute approximate surface area is 104 Å². The molecular weight excluding hydrogens is 234 g/mol. The van der Waals surface area contributed by atoms with E-state index in [1.54, 1.807) is 37.5 Å². The van der Waals surface area contributed by atoms with Crippen LogP contribution in [0.2, 0.25) is 0 Å². The molecule has 6 heteroatoms. The molecule has 0 fully saturated rings. The third-order valence-corrected chi connectivity index (χ3v) is 2.21. The van der Waals surface area contributed by atoms with Crippen LogP contribution >= 0.6 is 0 Å². The highest BCUT2D eigenvalue weighted by atomic mass is 16.5. The van der Waals surface area contributed by atoms with Crippen LogP contribution in [-0.2, 0) is 9.53 Å². The van der Waals surface area contributed by atoms with E-state index in [0.717, 1.165) is 11.3 Å². The van der Waals surface area contributed by atoms with Gasteiger partial charge in [-0.1, -0.05) is 17.2 Å². The van der Waals surface area contributed by atoms with Crippen molar-refractivity contribution in [1.82, 2.24) is 0 Å². The molecule has 0 radical (unpaired) electrons. The van der Waals surface area contributed by atoms with Crippen LogP contribution in [0.5, 0.6) is 5.75 Å². The number of carbonyl (C=O) groups is 1. The Bertz CT molecular complexity index is 488. The Morgan fingerprint density at radius 3 is 2.56 bits per heavy atom. The number of hydrogen-bond donors (Lipinski definition) is 0. The van der Waals surface area contributed by atoms with E-state index in [1.165, 1.54) is 7.11 Å². The molecule has 6 nitrogen and oxygen atoms in total. The number of esters is 1. The predicted octanol–water partition coefficient (Wildman–Crippen LogP) is 2.56. The smallest absolute Gasteiger partial charge is 0.333 e. The van der Waals surface area contributed by atoms with E-state index in [-0.39, 0.29) is 6.54 Å². The first-order valence-electron chi connectivity index (χ1n) is 5.15. The van der Waals surface area contributed by atoms with Gasteiger partial charge < -0.3 is 9.47 Å². The van der Waals surface area contributed by atoms with Crippen molar-refractivity contribution in [2.24, 2.45) is 5.11 Å². The highest BCUT2D eigenvalue weighted by molar-refractivity contribution is 5.94. The van der Waals surface area contributed by atoms with E-state index in [2.05, 4.69) is 14.8 Å². The van der Waals surface area contributed by atoms with Crippen molar-refractivity contribution >= 4 is 12.0 Å². The minimum atomic E-state index is -0.516. The molecule has 0 unspecified atom stereocenters. The van der Waals surface area contributed by atoms with Gasteiger partial charge in [0.2, 0.25) is 0 Å². The maximum atomic E-state index is 11.4. The number of nitrogens with zero attached hydrogens (tertiary/aromatic N) is 3. The number of hydrogen-bond acceptors (Lipinski definition) is 4. The summed E-state index contributed by atoms with van der Waals surface area (Å²) in [6, 6.07) is 7.12. The monoisotopic (exact) mass is 247 g/mol. The van der Waals surface area contributed by atoms with Crippen molar-refractivity contribution in [3.8, 4) is 5.75 Å². The summed E-state index contributed by atoms with van der Waals surface area (Å²) in [5, 5.41) is 3.36. The topological polar surface area (TPSA) is 84.3 Å². The first-order chi connectivity index (χ1) is 8.71. The summed E-state index contributed by atoms with van der Waals surface area (Å²) in [5.41, 5.74) is 9.35. The summed E-state index contributed by atoms with van der Waals surface area (Å²) >= 11 is 0. The van der Waals surface area contributed by atoms with Crippen molar-refractivity contribution in [2.45, 2.75) is 0 Å². The molecule has 0 aliphatic rings. The Kier molecular flexibility index (Phi) is 5.28. The lowest BCUT2D eigenvalue weighted by Crippen LogP contribution is -2.07. The normalized spacial score (nSPS) is 10.4. The minimum Gasteiger partial charge on any atom is -0.497 e. The maximum Gasteiger partial charge on any atom is 0.333 e. The van der Waals surface area contributed by atoms with Crippen LogP contribution in [0.3, 0.4) is 0 Å². The largest absolute Gasteiger partial charge is 0.497 e. The Balaban J connectivity index is 2.98. The molecule has 0 saturated carbocycles. The molecule has 1 rings (SSSR count). The van der Waals surface area contributed by atoms with Gasteiger partial charge in [-0.15, -0.1) is 0 Å². The summed E-state index contributed by atoms with van der Waals surface area (Å²) in [7, 11) is 2.85. The van der Waals surface area contributed by atoms with Gasteiger partial charge in [0, 0.05) is 10.5 Å². The molecule has 0 amide bonds. The fourth-order valence-electron chi connectivity index (χ4n) is 1.31. The number of benzene rings is 1. The van der Waals surface area contributed by atoms with Crippen LogP contribution in [0.25, 0.3) is 16.5 Å². The number of ether oxygens (including phenoxy) is 2. The van der Waals surface area contributed by atoms with Crippen molar-refractivity contribution in [3.05, 3.63) is 45.8 Å². The first kappa shape index (κ1) is 13.6. The average Bonchev–Trinajstić information content (AvgIpc) is 2.43. The van der Waals surface area contributed by atoms with Crippen LogP contribution in [0, 0.1) is 0 Å². The lowest BCUT2D eigenvalue weighted by molar-refractivity contribution is -0.136. The summed E-state index contributed by atoms with van der Waals surface area (Å²) in [4.78, 5) is 14.1. The van der Waals surface area contributed by atoms with Crippen LogP contribution in [-0.4, -0.2) is 26.7 Å². The van der Waals surface area contributed by atoms with E-state index in [0.29, 0.717) is 5.57 Å². The number of carbonyl (C=O) groups excluding carboxylic acids is 1. The molecule has 94 valence electrons. The molecule has 0 bridgehead atoms. The van der Waals surface area contributed by atoms with Gasteiger partial charge >= 0.3 is 5.97 Å². The molecule has 0 N–H and O–H groups in total. The summed E-state index contributed by atoms with van der Waals surface area (Å²) in [6.07, 6.45) is 1.61. The summed E-state index contributed by atoms with van der Waals surface area (Å²) in [5.74, 6) is 0.208. The van der Waals surface area contributed by atoms with Gasteiger partial charge in [-0.25, -0.2) is 4.79 Å². The third kappa shape index (κ3) is 3.84. The van der Waals surface area contributed by atoms with Gasteiger partial charge in [0.25, 0.3) is 0 Å². The molecule has 0 atom stereocenters. The van der Waals surface area contributed by atoms with Crippen LogP contribution < -0.4 is 4.74 Å². The van der Waals surface area contributed by atoms with Crippen molar-refractivity contribution in [2.75, 3.05) is 20.8 Å². The SMILES string of the molecule is COC(=O)/C(=C/c1ccc(OC)cc1)CN=[N+]=[N-]. The zero-order valence-corrected chi connectivity index (χ0v) is 10.2. The molecule has 18 heavy (non-hydrogen) atoms. The molecule has 1 aromatic carbocycles. The fraction of sp³-hybridized carbons (Fsp3) is 0.250. The standard InChI is InChI=1S/C12H13N3O3/c1-17-11-5-3-9(4-6-11)7-10(8-14-15-13)12(16)18-2/h3-7H,8H2,1-2H3/b10-7+. The summed E-state index contributed by atoms with van der Waals surface area (Å²) < 4.78 is 9.64. The van der Waals surface area contributed by atoms with Gasteiger partial charge in [0.15, 0.2) is 0 Å². The molecular formula is C12H13N3O3.